The van der Waals surface area contributed by atoms with Crippen molar-refractivity contribution in [1.29, 1.82) is 0 Å². The number of carboxylic acid groups (broad SMARTS) is 1. The third-order valence-corrected chi connectivity index (χ3v) is 5.50. The van der Waals surface area contributed by atoms with E-state index in [0.29, 0.717) is 12.0 Å². The zero-order valence-electron chi connectivity index (χ0n) is 18.7. The number of sulfone groups is 1. The Morgan fingerprint density at radius 3 is 1.79 bits per heavy atom. The zero-order chi connectivity index (χ0) is 22.6. The Balaban J connectivity index is -0.000000695. The van der Waals surface area contributed by atoms with Gasteiger partial charge in [0.25, 0.3) is 0 Å². The van der Waals surface area contributed by atoms with Crippen LogP contribution in [0.4, 0.5) is 0 Å². The van der Waals surface area contributed by atoms with Crippen LogP contribution in [0.5, 0.6) is 0 Å². The minimum atomic E-state index is -3.32. The van der Waals surface area contributed by atoms with Crippen LogP contribution in [0.2, 0.25) is 0 Å². The number of carbonyl (C=O) groups is 1. The minimum Gasteiger partial charge on any atom is -0.481 e. The topological polar surface area (TPSA) is 71.4 Å². The molecular weight excluding hydrogens is 392 g/mol. The maximum atomic E-state index is 12.1. The van der Waals surface area contributed by atoms with Gasteiger partial charge in [0.05, 0.1) is 17.1 Å². The minimum absolute atomic E-state index is 0.0613. The van der Waals surface area contributed by atoms with Crippen LogP contribution in [0.1, 0.15) is 65.8 Å². The van der Waals surface area contributed by atoms with E-state index in [9.17, 15) is 13.2 Å². The highest BCUT2D eigenvalue weighted by molar-refractivity contribution is 7.91. The molecule has 0 saturated carbocycles. The second kappa shape index (κ2) is 20.1. The van der Waals surface area contributed by atoms with Crippen LogP contribution < -0.4 is 0 Å². The normalized spacial score (nSPS) is 9.00. The number of rotatable bonds is 6. The third-order valence-electron chi connectivity index (χ3n) is 2.84. The fourth-order valence-corrected chi connectivity index (χ4v) is 3.91. The molecule has 0 unspecified atom stereocenters. The van der Waals surface area contributed by atoms with E-state index >= 15 is 0 Å². The van der Waals surface area contributed by atoms with E-state index in [4.69, 9.17) is 5.11 Å². The molecule has 0 fully saturated rings. The molecule has 4 nitrogen and oxygen atoms in total. The summed E-state index contributed by atoms with van der Waals surface area (Å²) < 4.78 is 24.3. The summed E-state index contributed by atoms with van der Waals surface area (Å²) in [6.07, 6.45) is 0.395. The van der Waals surface area contributed by atoms with Crippen LogP contribution in [0, 0.1) is 0 Å². The van der Waals surface area contributed by atoms with E-state index in [1.54, 1.807) is 12.1 Å². The quantitative estimate of drug-likeness (QED) is 0.568. The lowest BCUT2D eigenvalue weighted by atomic mass is 10.2. The Bertz CT molecular complexity index is 674. The molecular formula is C22H38O4S2. The monoisotopic (exact) mass is 430 g/mol. The van der Waals surface area contributed by atoms with Gasteiger partial charge in [0.2, 0.25) is 0 Å². The summed E-state index contributed by atoms with van der Waals surface area (Å²) in [5.41, 5.74) is 0.592. The van der Waals surface area contributed by atoms with Crippen molar-refractivity contribution in [3.63, 3.8) is 0 Å². The highest BCUT2D eigenvalue weighted by atomic mass is 32.2. The highest BCUT2D eigenvalue weighted by Crippen LogP contribution is 2.16. The fourth-order valence-electron chi connectivity index (χ4n) is 1.80. The van der Waals surface area contributed by atoms with E-state index in [2.05, 4.69) is 0 Å². The molecule has 28 heavy (non-hydrogen) atoms. The number of aryl methyl sites for hydroxylation is 1. The molecule has 1 aromatic carbocycles. The van der Waals surface area contributed by atoms with Gasteiger partial charge in [0.15, 0.2) is 9.84 Å². The number of carboxylic acids is 1. The van der Waals surface area contributed by atoms with Crippen LogP contribution in [0.25, 0.3) is 0 Å². The summed E-state index contributed by atoms with van der Waals surface area (Å²) in [6.45, 7) is 16.0. The van der Waals surface area contributed by atoms with Gasteiger partial charge in [0, 0.05) is 4.88 Å². The van der Waals surface area contributed by atoms with Gasteiger partial charge in [-0.1, -0.05) is 73.6 Å². The van der Waals surface area contributed by atoms with Crippen LogP contribution in [0.15, 0.2) is 46.7 Å². The van der Waals surface area contributed by atoms with Crippen LogP contribution in [-0.2, 0) is 27.5 Å². The summed E-state index contributed by atoms with van der Waals surface area (Å²) >= 11 is 1.54. The molecule has 2 rings (SSSR count). The van der Waals surface area contributed by atoms with Crippen LogP contribution in [-0.4, -0.2) is 25.2 Å². The van der Waals surface area contributed by atoms with Crippen molar-refractivity contribution in [3.8, 4) is 0 Å². The number of hydrogen-bond donors (Lipinski definition) is 1. The Kier molecular flexibility index (Phi) is 22.3. The Morgan fingerprint density at radius 2 is 1.39 bits per heavy atom. The summed E-state index contributed by atoms with van der Waals surface area (Å²) in [5.74, 6) is -0.871. The largest absolute Gasteiger partial charge is 0.481 e. The first-order chi connectivity index (χ1) is 13.5. The van der Waals surface area contributed by atoms with Gasteiger partial charge in [0.1, 0.15) is 0 Å². The summed E-state index contributed by atoms with van der Waals surface area (Å²) in [4.78, 5) is 11.8. The van der Waals surface area contributed by atoms with Gasteiger partial charge in [-0.25, -0.2) is 8.42 Å². The fraction of sp³-hybridized carbons (Fsp3) is 0.500. The average Bonchev–Trinajstić information content (AvgIpc) is 3.26. The van der Waals surface area contributed by atoms with E-state index in [1.165, 1.54) is 23.5 Å². The van der Waals surface area contributed by atoms with Gasteiger partial charge < -0.3 is 5.11 Å². The van der Waals surface area contributed by atoms with Crippen molar-refractivity contribution in [2.45, 2.75) is 73.1 Å². The van der Waals surface area contributed by atoms with Crippen molar-refractivity contribution < 1.29 is 18.3 Å². The second-order valence-electron chi connectivity index (χ2n) is 4.36. The second-order valence-corrected chi connectivity index (χ2v) is 7.50. The predicted octanol–water partition coefficient (Wildman–Crippen LogP) is 6.50. The summed E-state index contributed by atoms with van der Waals surface area (Å²) in [6, 6.07) is 9.85. The Hall–Kier alpha value is -1.66. The SMILES string of the molecule is CC.CC.CC.CC.O=C(O)Cc1ccc(S(=O)(=O)CCc2cccs2)cc1. The predicted molar refractivity (Wildman–Crippen MR) is 123 cm³/mol. The zero-order valence-corrected chi connectivity index (χ0v) is 20.3. The number of aliphatic carboxylic acids is 1. The molecule has 0 aliphatic heterocycles. The molecule has 6 heteroatoms. The number of benzene rings is 1. The van der Waals surface area contributed by atoms with E-state index in [1.807, 2.05) is 72.9 Å². The van der Waals surface area contributed by atoms with E-state index in [-0.39, 0.29) is 17.1 Å². The first-order valence-electron chi connectivity index (χ1n) is 10.0. The maximum Gasteiger partial charge on any atom is 0.307 e. The smallest absolute Gasteiger partial charge is 0.307 e. The highest BCUT2D eigenvalue weighted by Gasteiger charge is 2.15. The first kappa shape index (κ1) is 31.0. The van der Waals surface area contributed by atoms with E-state index in [0.717, 1.165) is 4.88 Å². The van der Waals surface area contributed by atoms with E-state index < -0.39 is 15.8 Å². The summed E-state index contributed by atoms with van der Waals surface area (Å²) in [7, 11) is -3.32. The molecule has 1 N–H and O–H groups in total. The lowest BCUT2D eigenvalue weighted by Gasteiger charge is -2.04. The van der Waals surface area contributed by atoms with Gasteiger partial charge >= 0.3 is 5.97 Å². The molecule has 0 bridgehead atoms. The number of hydrogen-bond acceptors (Lipinski definition) is 4. The Labute approximate surface area is 176 Å². The lowest BCUT2D eigenvalue weighted by Crippen LogP contribution is -2.09. The maximum absolute atomic E-state index is 12.1. The van der Waals surface area contributed by atoms with Crippen molar-refractivity contribution in [2.24, 2.45) is 0 Å². The van der Waals surface area contributed by atoms with Crippen molar-refractivity contribution in [2.75, 3.05) is 5.75 Å². The standard InChI is InChI=1S/C14H14O4S2.4C2H6/c15-14(16)10-11-3-5-13(6-4-11)20(17,18)9-7-12-2-1-8-19-12;4*1-2/h1-6,8H,7,9-10H2,(H,15,16);4*1-2H3. The van der Waals surface area contributed by atoms with Crippen LogP contribution in [0.3, 0.4) is 0 Å². The molecule has 162 valence electrons. The molecule has 0 aliphatic rings. The Morgan fingerprint density at radius 1 is 0.893 bits per heavy atom. The molecule has 0 atom stereocenters. The molecule has 2 aromatic rings. The van der Waals surface area contributed by atoms with Gasteiger partial charge in [-0.15, -0.1) is 11.3 Å². The summed E-state index contributed by atoms with van der Waals surface area (Å²) in [5, 5.41) is 10.6. The van der Waals surface area contributed by atoms with Crippen LogP contribution >= 0.6 is 11.3 Å². The number of thiophene rings is 1. The third kappa shape index (κ3) is 13.5. The molecule has 0 saturated heterocycles. The average molecular weight is 431 g/mol. The molecule has 0 aliphatic carbocycles. The molecule has 1 heterocycles. The molecule has 0 radical (unpaired) electrons. The molecule has 0 amide bonds. The first-order valence-corrected chi connectivity index (χ1v) is 12.6. The van der Waals surface area contributed by atoms with Gasteiger partial charge in [-0.2, -0.15) is 0 Å². The lowest BCUT2D eigenvalue weighted by molar-refractivity contribution is -0.136. The van der Waals surface area contributed by atoms with Crippen molar-refractivity contribution in [3.05, 3.63) is 52.2 Å². The molecule has 0 spiro atoms. The van der Waals surface area contributed by atoms with Gasteiger partial charge in [-0.05, 0) is 35.6 Å². The van der Waals surface area contributed by atoms with Crippen molar-refractivity contribution >= 4 is 27.1 Å². The van der Waals surface area contributed by atoms with Gasteiger partial charge in [-0.3, -0.25) is 4.79 Å². The van der Waals surface area contributed by atoms with Crippen molar-refractivity contribution in [1.82, 2.24) is 0 Å². The molecule has 1 aromatic heterocycles.